The highest BCUT2D eigenvalue weighted by Crippen LogP contribution is 2.47. The lowest BCUT2D eigenvalue weighted by atomic mass is 9.74. The van der Waals surface area contributed by atoms with Crippen molar-refractivity contribution in [2.45, 2.75) is 31.6 Å². The summed E-state index contributed by atoms with van der Waals surface area (Å²) in [5.41, 5.74) is 2.92. The largest absolute Gasteiger partial charge is 0.460 e. The number of thiophene rings is 2. The molecule has 1 aliphatic carbocycles. The van der Waals surface area contributed by atoms with Crippen molar-refractivity contribution in [1.82, 2.24) is 5.32 Å². The Labute approximate surface area is 178 Å². The van der Waals surface area contributed by atoms with Crippen LogP contribution in [0.25, 0.3) is 0 Å². The lowest BCUT2D eigenvalue weighted by molar-refractivity contribution is -0.140. The molecule has 0 saturated heterocycles. The van der Waals surface area contributed by atoms with Crippen LogP contribution in [-0.4, -0.2) is 32.1 Å². The average molecular weight is 430 g/mol. The second kappa shape index (κ2) is 8.65. The van der Waals surface area contributed by atoms with E-state index in [4.69, 9.17) is 9.47 Å². The SMILES string of the molecule is COCCOC(=O)C1=C(C)NC2=C(C(=O)CC(c3cccs3)C2)C1c1cccs1. The topological polar surface area (TPSA) is 64.6 Å². The Hall–Kier alpha value is -2.22. The minimum absolute atomic E-state index is 0.102. The third kappa shape index (κ3) is 3.95. The number of carbonyl (C=O) groups is 2. The molecule has 2 aromatic rings. The van der Waals surface area contributed by atoms with Gasteiger partial charge in [-0.25, -0.2) is 4.79 Å². The normalized spacial score (nSPS) is 21.8. The van der Waals surface area contributed by atoms with Crippen LogP contribution in [0.4, 0.5) is 0 Å². The molecule has 152 valence electrons. The zero-order chi connectivity index (χ0) is 20.4. The average Bonchev–Trinajstić information content (AvgIpc) is 3.41. The van der Waals surface area contributed by atoms with Crippen molar-refractivity contribution in [2.75, 3.05) is 20.3 Å². The van der Waals surface area contributed by atoms with Gasteiger partial charge in [0.2, 0.25) is 0 Å². The number of hydrogen-bond acceptors (Lipinski definition) is 7. The number of ketones is 1. The third-order valence-electron chi connectivity index (χ3n) is 5.34. The molecule has 2 unspecified atom stereocenters. The van der Waals surface area contributed by atoms with Crippen molar-refractivity contribution >= 4 is 34.4 Å². The van der Waals surface area contributed by atoms with Crippen molar-refractivity contribution in [3.05, 3.63) is 67.3 Å². The lowest BCUT2D eigenvalue weighted by Crippen LogP contribution is -2.36. The molecule has 4 rings (SSSR count). The molecule has 2 aromatic heterocycles. The van der Waals surface area contributed by atoms with Crippen molar-refractivity contribution in [2.24, 2.45) is 0 Å². The molecule has 2 atom stereocenters. The van der Waals surface area contributed by atoms with Gasteiger partial charge in [-0.15, -0.1) is 22.7 Å². The predicted molar refractivity (Wildman–Crippen MR) is 114 cm³/mol. The van der Waals surface area contributed by atoms with Crippen molar-refractivity contribution in [3.63, 3.8) is 0 Å². The van der Waals surface area contributed by atoms with Crippen LogP contribution >= 0.6 is 22.7 Å². The maximum Gasteiger partial charge on any atom is 0.336 e. The summed E-state index contributed by atoms with van der Waals surface area (Å²) >= 11 is 3.25. The van der Waals surface area contributed by atoms with E-state index in [0.717, 1.165) is 22.7 Å². The number of carbonyl (C=O) groups excluding carboxylic acids is 2. The number of Topliss-reactive ketones (excluding diaryl/α,β-unsaturated/α-hetero) is 1. The molecule has 0 aromatic carbocycles. The number of nitrogens with one attached hydrogen (secondary N) is 1. The standard InChI is InChI=1S/C22H23NO4S2/c1-13-19(22(25)27-8-7-26-2)21(18-6-4-10-29-18)20-15(23-13)11-14(12-16(20)24)17-5-3-9-28-17/h3-6,9-10,14,21,23H,7-8,11-12H2,1-2H3. The Kier molecular flexibility index (Phi) is 5.99. The summed E-state index contributed by atoms with van der Waals surface area (Å²) in [6, 6.07) is 8.05. The quantitative estimate of drug-likeness (QED) is 0.546. The molecule has 7 heteroatoms. The fraction of sp³-hybridized carbons (Fsp3) is 0.364. The van der Waals surface area contributed by atoms with E-state index >= 15 is 0 Å². The van der Waals surface area contributed by atoms with Crippen LogP contribution < -0.4 is 5.32 Å². The molecule has 0 radical (unpaired) electrons. The number of hydrogen-bond donors (Lipinski definition) is 1. The van der Waals surface area contributed by atoms with Gasteiger partial charge in [0.1, 0.15) is 6.61 Å². The Morgan fingerprint density at radius 1 is 1.14 bits per heavy atom. The van der Waals surface area contributed by atoms with Gasteiger partial charge in [-0.3, -0.25) is 4.79 Å². The first kappa shape index (κ1) is 20.1. The van der Waals surface area contributed by atoms with Crippen molar-refractivity contribution in [3.8, 4) is 0 Å². The fourth-order valence-electron chi connectivity index (χ4n) is 4.07. The lowest BCUT2D eigenvalue weighted by Gasteiger charge is -2.35. The van der Waals surface area contributed by atoms with Gasteiger partial charge in [-0.05, 0) is 36.2 Å². The summed E-state index contributed by atoms with van der Waals surface area (Å²) in [6.45, 7) is 2.41. The minimum atomic E-state index is -0.398. The van der Waals surface area contributed by atoms with E-state index in [1.807, 2.05) is 35.9 Å². The highest BCUT2D eigenvalue weighted by Gasteiger charge is 2.41. The van der Waals surface area contributed by atoms with E-state index in [9.17, 15) is 9.59 Å². The van der Waals surface area contributed by atoms with E-state index in [2.05, 4.69) is 11.4 Å². The summed E-state index contributed by atoms with van der Waals surface area (Å²) in [4.78, 5) is 28.4. The second-order valence-electron chi connectivity index (χ2n) is 7.18. The Morgan fingerprint density at radius 3 is 2.52 bits per heavy atom. The summed E-state index contributed by atoms with van der Waals surface area (Å²) < 4.78 is 10.4. The third-order valence-corrected chi connectivity index (χ3v) is 7.31. The first-order chi connectivity index (χ1) is 14.1. The Morgan fingerprint density at radius 2 is 1.86 bits per heavy atom. The molecule has 1 N–H and O–H groups in total. The molecule has 0 amide bonds. The molecule has 0 fully saturated rings. The number of allylic oxidation sites excluding steroid dienone is 3. The summed E-state index contributed by atoms with van der Waals surface area (Å²) in [5, 5.41) is 7.39. The van der Waals surface area contributed by atoms with Crippen LogP contribution in [-0.2, 0) is 19.1 Å². The highest BCUT2D eigenvalue weighted by molar-refractivity contribution is 7.10. The Bertz CT molecular complexity index is 957. The van der Waals surface area contributed by atoms with Crippen molar-refractivity contribution in [1.29, 1.82) is 0 Å². The Balaban J connectivity index is 1.71. The zero-order valence-corrected chi connectivity index (χ0v) is 18.0. The van der Waals surface area contributed by atoms with Gasteiger partial charge in [0.15, 0.2) is 5.78 Å². The molecule has 29 heavy (non-hydrogen) atoms. The van der Waals surface area contributed by atoms with Crippen molar-refractivity contribution < 1.29 is 19.1 Å². The number of esters is 1. The zero-order valence-electron chi connectivity index (χ0n) is 16.4. The summed E-state index contributed by atoms with van der Waals surface area (Å²) in [5.74, 6) is -0.491. The molecule has 5 nitrogen and oxygen atoms in total. The van der Waals surface area contributed by atoms with E-state index in [1.165, 1.54) is 4.88 Å². The second-order valence-corrected chi connectivity index (χ2v) is 9.14. The van der Waals surface area contributed by atoms with E-state index in [-0.39, 0.29) is 24.2 Å². The monoisotopic (exact) mass is 429 g/mol. The van der Waals surface area contributed by atoms with Gasteiger partial charge in [-0.2, -0.15) is 0 Å². The molecule has 0 spiro atoms. The van der Waals surface area contributed by atoms with Crippen LogP contribution in [0.5, 0.6) is 0 Å². The maximum atomic E-state index is 13.3. The van der Waals surface area contributed by atoms with Gasteiger partial charge in [-0.1, -0.05) is 12.1 Å². The highest BCUT2D eigenvalue weighted by atomic mass is 32.1. The van der Waals surface area contributed by atoms with Crippen LogP contribution in [0.3, 0.4) is 0 Å². The summed E-state index contributed by atoms with van der Waals surface area (Å²) in [7, 11) is 1.57. The van der Waals surface area contributed by atoms with E-state index in [0.29, 0.717) is 24.2 Å². The smallest absolute Gasteiger partial charge is 0.336 e. The predicted octanol–water partition coefficient (Wildman–Crippen LogP) is 4.36. The first-order valence-corrected chi connectivity index (χ1v) is 11.3. The summed E-state index contributed by atoms with van der Waals surface area (Å²) in [6.07, 6.45) is 1.24. The number of ether oxygens (including phenoxy) is 2. The van der Waals surface area contributed by atoms with E-state index < -0.39 is 5.97 Å². The molecular formula is C22H23NO4S2. The van der Waals surface area contributed by atoms with Gasteiger partial charge in [0, 0.05) is 46.2 Å². The molecule has 0 saturated carbocycles. The first-order valence-electron chi connectivity index (χ1n) is 9.57. The van der Waals surface area contributed by atoms with Gasteiger partial charge < -0.3 is 14.8 Å². The van der Waals surface area contributed by atoms with Gasteiger partial charge in [0.05, 0.1) is 18.1 Å². The van der Waals surface area contributed by atoms with Crippen LogP contribution in [0.2, 0.25) is 0 Å². The minimum Gasteiger partial charge on any atom is -0.460 e. The number of rotatable bonds is 6. The molecule has 3 heterocycles. The van der Waals surface area contributed by atoms with Gasteiger partial charge >= 0.3 is 5.97 Å². The van der Waals surface area contributed by atoms with Crippen LogP contribution in [0, 0.1) is 0 Å². The molecular weight excluding hydrogens is 406 g/mol. The van der Waals surface area contributed by atoms with Gasteiger partial charge in [0.25, 0.3) is 0 Å². The molecule has 2 aliphatic rings. The number of methoxy groups -OCH3 is 1. The van der Waals surface area contributed by atoms with Crippen LogP contribution in [0.15, 0.2) is 57.6 Å². The molecule has 0 bridgehead atoms. The number of dihydropyridines is 1. The van der Waals surface area contributed by atoms with Crippen LogP contribution in [0.1, 0.15) is 41.4 Å². The van der Waals surface area contributed by atoms with E-state index in [1.54, 1.807) is 29.8 Å². The maximum absolute atomic E-state index is 13.3. The molecule has 1 aliphatic heterocycles. The fourth-order valence-corrected chi connectivity index (χ4v) is 5.74.